The second-order valence-corrected chi connectivity index (χ2v) is 9.40. The Bertz CT molecular complexity index is 881. The molecule has 0 bridgehead atoms. The number of urea groups is 1. The van der Waals surface area contributed by atoms with Gasteiger partial charge in [0.25, 0.3) is 0 Å². The molecule has 0 aromatic carbocycles. The van der Waals surface area contributed by atoms with Crippen molar-refractivity contribution in [2.24, 2.45) is 0 Å². The number of carbonyl (C=O) groups is 4. The number of rotatable bonds is 5. The van der Waals surface area contributed by atoms with Gasteiger partial charge in [-0.2, -0.15) is 4.98 Å². The molecule has 1 aromatic rings. The van der Waals surface area contributed by atoms with E-state index >= 15 is 0 Å². The summed E-state index contributed by atoms with van der Waals surface area (Å²) in [5.41, 5.74) is -1.71. The lowest BCUT2D eigenvalue weighted by Gasteiger charge is -2.28. The summed E-state index contributed by atoms with van der Waals surface area (Å²) in [4.78, 5) is 55.7. The molecule has 31 heavy (non-hydrogen) atoms. The molecule has 2 aliphatic rings. The Labute approximate surface area is 180 Å². The summed E-state index contributed by atoms with van der Waals surface area (Å²) in [5, 5.41) is 6.51. The number of imide groups is 2. The van der Waals surface area contributed by atoms with Crippen molar-refractivity contribution in [2.75, 3.05) is 0 Å². The van der Waals surface area contributed by atoms with E-state index in [1.807, 2.05) is 0 Å². The number of carbonyl (C=O) groups excluding carboxylic acids is 4. The van der Waals surface area contributed by atoms with Gasteiger partial charge in [-0.15, -0.1) is 0 Å². The average molecular weight is 435 g/mol. The zero-order valence-corrected chi connectivity index (χ0v) is 18.6. The Hall–Kier alpha value is -2.98. The van der Waals surface area contributed by atoms with Crippen LogP contribution in [-0.4, -0.2) is 55.5 Å². The van der Waals surface area contributed by atoms with Crippen LogP contribution in [0.2, 0.25) is 0 Å². The van der Waals surface area contributed by atoms with E-state index in [4.69, 9.17) is 9.26 Å². The van der Waals surface area contributed by atoms with Gasteiger partial charge in [-0.1, -0.05) is 24.4 Å². The van der Waals surface area contributed by atoms with Crippen LogP contribution in [0.3, 0.4) is 0 Å². The van der Waals surface area contributed by atoms with E-state index in [-0.39, 0.29) is 24.3 Å². The molecular formula is C20H29N5O6. The molecule has 0 unspecified atom stereocenters. The van der Waals surface area contributed by atoms with Gasteiger partial charge in [0.05, 0.1) is 0 Å². The maximum atomic E-state index is 12.8. The molecule has 3 rings (SSSR count). The van der Waals surface area contributed by atoms with Crippen LogP contribution in [0.25, 0.3) is 0 Å². The average Bonchev–Trinajstić information content (AvgIpc) is 3.21. The number of hydrogen-bond acceptors (Lipinski definition) is 8. The number of nitrogens with one attached hydrogen (secondary N) is 1. The van der Waals surface area contributed by atoms with Gasteiger partial charge in [-0.3, -0.25) is 14.5 Å². The van der Waals surface area contributed by atoms with Crippen molar-refractivity contribution in [3.8, 4) is 0 Å². The summed E-state index contributed by atoms with van der Waals surface area (Å²) in [6.07, 6.45) is 3.65. The highest BCUT2D eigenvalue weighted by molar-refractivity contribution is 6.44. The molecule has 2 heterocycles. The number of amides is 5. The second-order valence-electron chi connectivity index (χ2n) is 9.40. The summed E-state index contributed by atoms with van der Waals surface area (Å²) in [6.45, 7) is 8.23. The van der Waals surface area contributed by atoms with E-state index in [1.54, 1.807) is 34.6 Å². The summed E-state index contributed by atoms with van der Waals surface area (Å²) < 4.78 is 10.4. The monoisotopic (exact) mass is 435 g/mol. The van der Waals surface area contributed by atoms with Crippen molar-refractivity contribution in [3.63, 3.8) is 0 Å². The van der Waals surface area contributed by atoms with Gasteiger partial charge >= 0.3 is 23.9 Å². The maximum Gasteiger partial charge on any atom is 0.408 e. The first-order valence-electron chi connectivity index (χ1n) is 10.4. The molecule has 1 aliphatic carbocycles. The smallest absolute Gasteiger partial charge is 0.408 e. The molecule has 0 atom stereocenters. The molecule has 170 valence electrons. The maximum absolute atomic E-state index is 12.8. The van der Waals surface area contributed by atoms with E-state index in [1.165, 1.54) is 0 Å². The van der Waals surface area contributed by atoms with Gasteiger partial charge in [-0.25, -0.2) is 14.5 Å². The van der Waals surface area contributed by atoms with Crippen molar-refractivity contribution in [3.05, 3.63) is 11.7 Å². The lowest BCUT2D eigenvalue weighted by Crippen LogP contribution is -2.44. The molecule has 1 aliphatic heterocycles. The van der Waals surface area contributed by atoms with E-state index in [2.05, 4.69) is 15.5 Å². The van der Waals surface area contributed by atoms with Crippen LogP contribution in [0.1, 0.15) is 78.4 Å². The molecule has 11 heteroatoms. The topological polar surface area (TPSA) is 135 Å². The normalized spacial score (nSPS) is 18.7. The summed E-state index contributed by atoms with van der Waals surface area (Å²) >= 11 is 0. The standard InChI is InChI=1S/C20H29N5O6/c1-19(2,3)30-17(28)22-20(4,5)16-21-13(31-23-16)11-24-14(26)15(27)25(18(24)29)12-9-7-6-8-10-12/h12H,6-11H2,1-5H3,(H,22,28). The third-order valence-corrected chi connectivity index (χ3v) is 5.16. The van der Waals surface area contributed by atoms with Gasteiger partial charge in [0.1, 0.15) is 17.7 Å². The summed E-state index contributed by atoms with van der Waals surface area (Å²) in [5.74, 6) is -1.60. The van der Waals surface area contributed by atoms with E-state index in [0.29, 0.717) is 12.8 Å². The van der Waals surface area contributed by atoms with Gasteiger partial charge in [0.2, 0.25) is 5.89 Å². The van der Waals surface area contributed by atoms with Crippen LogP contribution in [0.15, 0.2) is 4.52 Å². The second kappa shape index (κ2) is 8.27. The molecule has 1 N–H and O–H groups in total. The first-order chi connectivity index (χ1) is 14.4. The van der Waals surface area contributed by atoms with Crippen LogP contribution >= 0.6 is 0 Å². The number of ether oxygens (including phenoxy) is 1. The minimum atomic E-state index is -1.03. The summed E-state index contributed by atoms with van der Waals surface area (Å²) in [7, 11) is 0. The van der Waals surface area contributed by atoms with E-state index < -0.39 is 35.1 Å². The van der Waals surface area contributed by atoms with E-state index in [9.17, 15) is 19.2 Å². The highest BCUT2D eigenvalue weighted by Gasteiger charge is 2.48. The third kappa shape index (κ3) is 5.02. The largest absolute Gasteiger partial charge is 0.444 e. The molecule has 5 amide bonds. The predicted molar refractivity (Wildman–Crippen MR) is 106 cm³/mol. The lowest BCUT2D eigenvalue weighted by atomic mass is 9.94. The van der Waals surface area contributed by atoms with Crippen LogP contribution < -0.4 is 5.32 Å². The Kier molecular flexibility index (Phi) is 6.06. The molecule has 0 radical (unpaired) electrons. The number of nitrogens with zero attached hydrogens (tertiary/aromatic N) is 4. The van der Waals surface area contributed by atoms with Crippen LogP contribution in [0.5, 0.6) is 0 Å². The Morgan fingerprint density at radius 2 is 1.74 bits per heavy atom. The van der Waals surface area contributed by atoms with Crippen molar-refractivity contribution in [2.45, 2.75) is 90.4 Å². The van der Waals surface area contributed by atoms with Gasteiger partial charge in [-0.05, 0) is 47.5 Å². The molecule has 1 saturated heterocycles. The molecule has 1 aromatic heterocycles. The predicted octanol–water partition coefficient (Wildman–Crippen LogP) is 2.45. The lowest BCUT2D eigenvalue weighted by molar-refractivity contribution is -0.144. The molecule has 11 nitrogen and oxygen atoms in total. The minimum absolute atomic E-state index is 0.0194. The fourth-order valence-electron chi connectivity index (χ4n) is 3.65. The zero-order chi connectivity index (χ0) is 23.0. The third-order valence-electron chi connectivity index (χ3n) is 5.16. The molecule has 2 fully saturated rings. The highest BCUT2D eigenvalue weighted by atomic mass is 16.6. The minimum Gasteiger partial charge on any atom is -0.444 e. The zero-order valence-electron chi connectivity index (χ0n) is 18.6. The van der Waals surface area contributed by atoms with Crippen LogP contribution in [-0.2, 0) is 26.4 Å². The number of aromatic nitrogens is 2. The fourth-order valence-corrected chi connectivity index (χ4v) is 3.65. The molecular weight excluding hydrogens is 406 g/mol. The van der Waals surface area contributed by atoms with E-state index in [0.717, 1.165) is 29.1 Å². The van der Waals surface area contributed by atoms with Crippen molar-refractivity contribution >= 4 is 23.9 Å². The Morgan fingerprint density at radius 1 is 1.10 bits per heavy atom. The van der Waals surface area contributed by atoms with Crippen LogP contribution in [0, 0.1) is 0 Å². The molecule has 1 saturated carbocycles. The highest BCUT2D eigenvalue weighted by Crippen LogP contribution is 2.28. The first kappa shape index (κ1) is 22.7. The van der Waals surface area contributed by atoms with Crippen molar-refractivity contribution in [1.29, 1.82) is 0 Å². The van der Waals surface area contributed by atoms with Gasteiger partial charge < -0.3 is 14.6 Å². The van der Waals surface area contributed by atoms with Crippen molar-refractivity contribution < 1.29 is 28.4 Å². The van der Waals surface area contributed by atoms with Crippen LogP contribution in [0.4, 0.5) is 9.59 Å². The number of hydrogen-bond donors (Lipinski definition) is 1. The first-order valence-corrected chi connectivity index (χ1v) is 10.4. The SMILES string of the molecule is CC(C)(C)OC(=O)NC(C)(C)c1noc(CN2C(=O)C(=O)N(C3CCCCC3)C2=O)n1. The fraction of sp³-hybridized carbons (Fsp3) is 0.700. The Morgan fingerprint density at radius 3 is 2.35 bits per heavy atom. The van der Waals surface area contributed by atoms with Crippen molar-refractivity contribution in [1.82, 2.24) is 25.3 Å². The Balaban J connectivity index is 1.68. The quantitative estimate of drug-likeness (QED) is 0.550. The van der Waals surface area contributed by atoms with Gasteiger partial charge in [0.15, 0.2) is 5.82 Å². The number of alkyl carbamates (subject to hydrolysis) is 1. The van der Waals surface area contributed by atoms with Gasteiger partial charge in [0, 0.05) is 6.04 Å². The summed E-state index contributed by atoms with van der Waals surface area (Å²) in [6, 6.07) is -0.911. The molecule has 0 spiro atoms.